The number of aromatic nitrogens is 3. The first-order valence-corrected chi connectivity index (χ1v) is 10.6. The minimum Gasteiger partial charge on any atom is -0.484 e. The predicted octanol–water partition coefficient (Wildman–Crippen LogP) is 3.34. The maximum atomic E-state index is 11.4. The van der Waals surface area contributed by atoms with Crippen molar-refractivity contribution in [2.24, 2.45) is 5.73 Å². The van der Waals surface area contributed by atoms with E-state index in [1.54, 1.807) is 0 Å². The van der Waals surface area contributed by atoms with E-state index in [2.05, 4.69) is 26.5 Å². The number of hydrogen-bond acceptors (Lipinski definition) is 5. The van der Waals surface area contributed by atoms with E-state index in [1.165, 1.54) is 19.3 Å². The molecule has 2 atom stereocenters. The number of piperidine rings is 1. The van der Waals surface area contributed by atoms with E-state index in [0.717, 1.165) is 54.4 Å². The maximum absolute atomic E-state index is 11.4. The largest absolute Gasteiger partial charge is 0.484 e. The highest BCUT2D eigenvalue weighted by Gasteiger charge is 2.29. The summed E-state index contributed by atoms with van der Waals surface area (Å²) in [5.41, 5.74) is 8.32. The summed E-state index contributed by atoms with van der Waals surface area (Å²) in [4.78, 5) is 13.7. The molecule has 1 aliphatic carbocycles. The molecule has 0 saturated carbocycles. The number of hydrogen-bond donors (Lipinski definition) is 2. The van der Waals surface area contributed by atoms with Gasteiger partial charge in [-0.05, 0) is 55.4 Å². The van der Waals surface area contributed by atoms with Gasteiger partial charge in [0, 0.05) is 13.1 Å². The zero-order chi connectivity index (χ0) is 20.5. The predicted molar refractivity (Wildman–Crippen MR) is 114 cm³/mol. The van der Waals surface area contributed by atoms with Crippen LogP contribution < -0.4 is 20.7 Å². The van der Waals surface area contributed by atoms with Crippen molar-refractivity contribution in [3.63, 3.8) is 0 Å². The van der Waals surface area contributed by atoms with Crippen molar-refractivity contribution in [1.82, 2.24) is 19.9 Å². The summed E-state index contributed by atoms with van der Waals surface area (Å²) in [7, 11) is 0. The molecule has 3 heterocycles. The second-order valence-corrected chi connectivity index (χ2v) is 8.01. The number of benzene rings is 1. The van der Waals surface area contributed by atoms with Gasteiger partial charge in [0.2, 0.25) is 5.95 Å². The van der Waals surface area contributed by atoms with Crippen LogP contribution in [0.2, 0.25) is 0 Å². The van der Waals surface area contributed by atoms with Gasteiger partial charge < -0.3 is 20.7 Å². The number of rotatable bonds is 4. The third-order valence-corrected chi connectivity index (χ3v) is 6.03. The third-order valence-electron chi connectivity index (χ3n) is 6.03. The van der Waals surface area contributed by atoms with Crippen LogP contribution in [0.3, 0.4) is 0 Å². The molecule has 1 fully saturated rings. The highest BCUT2D eigenvalue weighted by Crippen LogP contribution is 2.38. The van der Waals surface area contributed by atoms with Crippen LogP contribution in [0.1, 0.15) is 55.4 Å². The first-order valence-electron chi connectivity index (χ1n) is 10.6. The second-order valence-electron chi connectivity index (χ2n) is 8.01. The lowest BCUT2D eigenvalue weighted by atomic mass is 9.85. The van der Waals surface area contributed by atoms with Crippen molar-refractivity contribution in [2.75, 3.05) is 18.0 Å². The number of nitrogens with one attached hydrogen (secondary N) is 1. The van der Waals surface area contributed by atoms with Crippen LogP contribution in [0.25, 0.3) is 5.65 Å². The molecule has 30 heavy (non-hydrogen) atoms. The Balaban J connectivity index is 1.42. The Morgan fingerprint density at radius 2 is 1.83 bits per heavy atom. The van der Waals surface area contributed by atoms with Crippen molar-refractivity contribution in [3.8, 4) is 5.75 Å². The molecule has 2 unspecified atom stereocenters. The van der Waals surface area contributed by atoms with Gasteiger partial charge in [-0.3, -0.25) is 4.40 Å². The molecule has 8 heteroatoms. The number of nitrogens with two attached hydrogens (primary N) is 1. The fourth-order valence-corrected chi connectivity index (χ4v) is 4.60. The standard InChI is InChI=1S/C22H26N6O2/c23-21(29)24-18-9-10-19(17-7-3-2-6-16(17)18)30-15-8-11-20-25-26-22(28(20)14-15)27-12-4-1-5-13-27/h2-3,6-8,11,14,18-19H,1,4-5,9-10,12-13H2,(H3,23,24,29). The second kappa shape index (κ2) is 7.85. The van der Waals surface area contributed by atoms with Gasteiger partial charge in [0.25, 0.3) is 0 Å². The van der Waals surface area contributed by atoms with Gasteiger partial charge in [0.05, 0.1) is 12.2 Å². The number of carbonyl (C=O) groups is 1. The molecule has 1 saturated heterocycles. The molecule has 1 aromatic carbocycles. The topological polar surface area (TPSA) is 97.8 Å². The van der Waals surface area contributed by atoms with Gasteiger partial charge >= 0.3 is 6.03 Å². The number of anilines is 1. The fraction of sp³-hybridized carbons (Fsp3) is 0.409. The first-order chi connectivity index (χ1) is 14.7. The Morgan fingerprint density at radius 1 is 1.03 bits per heavy atom. The van der Waals surface area contributed by atoms with Crippen LogP contribution in [-0.4, -0.2) is 33.7 Å². The molecule has 0 spiro atoms. The molecule has 1 aliphatic heterocycles. The number of fused-ring (bicyclic) bond motifs is 2. The monoisotopic (exact) mass is 406 g/mol. The molecule has 3 aromatic rings. The highest BCUT2D eigenvalue weighted by atomic mass is 16.5. The lowest BCUT2D eigenvalue weighted by Crippen LogP contribution is -2.36. The highest BCUT2D eigenvalue weighted by molar-refractivity contribution is 5.72. The average molecular weight is 406 g/mol. The van der Waals surface area contributed by atoms with Crippen LogP contribution in [0, 0.1) is 0 Å². The lowest BCUT2D eigenvalue weighted by molar-refractivity contribution is 0.171. The molecule has 5 rings (SSSR count). The van der Waals surface area contributed by atoms with Gasteiger partial charge in [-0.2, -0.15) is 0 Å². The summed E-state index contributed by atoms with van der Waals surface area (Å²) in [5.74, 6) is 1.66. The van der Waals surface area contributed by atoms with E-state index >= 15 is 0 Å². The summed E-state index contributed by atoms with van der Waals surface area (Å²) in [5, 5.41) is 11.6. The van der Waals surface area contributed by atoms with Crippen molar-refractivity contribution in [1.29, 1.82) is 0 Å². The molecular formula is C22H26N6O2. The average Bonchev–Trinajstić information content (AvgIpc) is 3.19. The number of amides is 2. The normalized spacial score (nSPS) is 21.3. The Kier molecular flexibility index (Phi) is 4.90. The third kappa shape index (κ3) is 3.53. The lowest BCUT2D eigenvalue weighted by Gasteiger charge is -2.32. The van der Waals surface area contributed by atoms with E-state index in [0.29, 0.717) is 0 Å². The van der Waals surface area contributed by atoms with Gasteiger partial charge in [-0.15, -0.1) is 10.2 Å². The SMILES string of the molecule is NC(=O)NC1CCC(Oc2ccc3nnc(N4CCCCC4)n3c2)c2ccccc21. The van der Waals surface area contributed by atoms with Crippen molar-refractivity contribution >= 4 is 17.6 Å². The van der Waals surface area contributed by atoms with Crippen LogP contribution in [-0.2, 0) is 0 Å². The van der Waals surface area contributed by atoms with E-state index in [9.17, 15) is 4.79 Å². The Labute approximate surface area is 175 Å². The summed E-state index contributed by atoms with van der Waals surface area (Å²) in [6.07, 6.45) is 7.11. The van der Waals surface area contributed by atoms with Crippen LogP contribution in [0.5, 0.6) is 5.75 Å². The number of urea groups is 1. The number of primary amides is 1. The first kappa shape index (κ1) is 18.7. The van der Waals surface area contributed by atoms with E-state index in [4.69, 9.17) is 10.5 Å². The number of carbonyl (C=O) groups excluding carboxylic acids is 1. The van der Waals surface area contributed by atoms with Crippen LogP contribution in [0.4, 0.5) is 10.7 Å². The molecule has 2 amide bonds. The van der Waals surface area contributed by atoms with Crippen molar-refractivity contribution < 1.29 is 9.53 Å². The smallest absolute Gasteiger partial charge is 0.312 e. The molecule has 2 aliphatic rings. The molecule has 0 bridgehead atoms. The molecule has 8 nitrogen and oxygen atoms in total. The summed E-state index contributed by atoms with van der Waals surface area (Å²) in [6, 6.07) is 11.4. The summed E-state index contributed by atoms with van der Waals surface area (Å²) < 4.78 is 8.44. The fourth-order valence-electron chi connectivity index (χ4n) is 4.60. The van der Waals surface area contributed by atoms with Crippen LogP contribution >= 0.6 is 0 Å². The van der Waals surface area contributed by atoms with Gasteiger partial charge in [-0.25, -0.2) is 4.79 Å². The summed E-state index contributed by atoms with van der Waals surface area (Å²) >= 11 is 0. The maximum Gasteiger partial charge on any atom is 0.312 e. The number of pyridine rings is 1. The molecular weight excluding hydrogens is 380 g/mol. The van der Waals surface area contributed by atoms with Crippen molar-refractivity contribution in [2.45, 2.75) is 44.2 Å². The quantitative estimate of drug-likeness (QED) is 0.692. The van der Waals surface area contributed by atoms with Gasteiger partial charge in [0.1, 0.15) is 11.9 Å². The zero-order valence-electron chi connectivity index (χ0n) is 16.8. The molecule has 0 radical (unpaired) electrons. The number of nitrogens with zero attached hydrogens (tertiary/aromatic N) is 4. The molecule has 156 valence electrons. The van der Waals surface area contributed by atoms with Gasteiger partial charge in [-0.1, -0.05) is 24.3 Å². The van der Waals surface area contributed by atoms with Crippen LogP contribution in [0.15, 0.2) is 42.6 Å². The zero-order valence-corrected chi connectivity index (χ0v) is 16.8. The van der Waals surface area contributed by atoms with E-state index in [1.807, 2.05) is 40.9 Å². The van der Waals surface area contributed by atoms with E-state index < -0.39 is 6.03 Å². The van der Waals surface area contributed by atoms with E-state index in [-0.39, 0.29) is 12.1 Å². The minimum atomic E-state index is -0.502. The summed E-state index contributed by atoms with van der Waals surface area (Å²) in [6.45, 7) is 2.02. The Bertz CT molecular complexity index is 1060. The van der Waals surface area contributed by atoms with Gasteiger partial charge in [0.15, 0.2) is 5.65 Å². The molecule has 2 aromatic heterocycles. The Morgan fingerprint density at radius 3 is 2.63 bits per heavy atom. The molecule has 3 N–H and O–H groups in total. The minimum absolute atomic E-state index is 0.0791. The number of ether oxygens (including phenoxy) is 1. The Hall–Kier alpha value is -3.29. The van der Waals surface area contributed by atoms with Crippen molar-refractivity contribution in [3.05, 3.63) is 53.7 Å².